The van der Waals surface area contributed by atoms with Crippen LogP contribution in [-0.4, -0.2) is 68.3 Å². The number of fused-ring (bicyclic) bond motifs is 1. The number of carbonyl (C=O) groups is 4. The first-order chi connectivity index (χ1) is 22.0. The molecule has 3 amide bonds. The van der Waals surface area contributed by atoms with Crippen molar-refractivity contribution in [1.82, 2.24) is 24.3 Å². The lowest BCUT2D eigenvalue weighted by Gasteiger charge is -2.16. The molecule has 16 heteroatoms. The van der Waals surface area contributed by atoms with Crippen LogP contribution in [0.3, 0.4) is 0 Å². The molecule has 1 aromatic carbocycles. The van der Waals surface area contributed by atoms with Gasteiger partial charge >= 0.3 is 5.97 Å². The number of methoxy groups -OCH3 is 1. The summed E-state index contributed by atoms with van der Waals surface area (Å²) in [5.74, 6) is -1.58. The Morgan fingerprint density at radius 1 is 1.04 bits per heavy atom. The zero-order valence-electron chi connectivity index (χ0n) is 25.7. The van der Waals surface area contributed by atoms with Gasteiger partial charge in [0, 0.05) is 37.8 Å². The van der Waals surface area contributed by atoms with E-state index in [1.807, 2.05) is 19.1 Å². The van der Waals surface area contributed by atoms with Gasteiger partial charge in [0.25, 0.3) is 5.91 Å². The molecule has 0 saturated heterocycles. The fourth-order valence-corrected chi connectivity index (χ4v) is 4.56. The van der Waals surface area contributed by atoms with Crippen molar-refractivity contribution >= 4 is 52.2 Å². The number of nitrogens with one attached hydrogen (secondary N) is 2. The van der Waals surface area contributed by atoms with Gasteiger partial charge in [0.2, 0.25) is 17.8 Å². The molecule has 0 aliphatic rings. The molecule has 0 fully saturated rings. The van der Waals surface area contributed by atoms with Gasteiger partial charge < -0.3 is 32.0 Å². The molecule has 4 rings (SSSR count). The molecule has 0 saturated carbocycles. The van der Waals surface area contributed by atoms with Crippen LogP contribution >= 0.6 is 0 Å². The highest BCUT2D eigenvalue weighted by atomic mass is 16.5. The SMILES string of the molecule is CCn1nc(C)cc1C(=O)Nc1nc2cc(C(N)=O)cnc2n1C/C=C/CNc1c(N)cc(C(N)=O)cc1OCCCC(=O)OC. The van der Waals surface area contributed by atoms with Crippen molar-refractivity contribution in [1.29, 1.82) is 0 Å². The number of amides is 3. The third-order valence-corrected chi connectivity index (χ3v) is 6.81. The number of rotatable bonds is 15. The van der Waals surface area contributed by atoms with E-state index >= 15 is 0 Å². The highest BCUT2D eigenvalue weighted by molar-refractivity contribution is 6.03. The normalized spacial score (nSPS) is 11.1. The number of hydrogen-bond acceptors (Lipinski definition) is 11. The molecule has 0 aliphatic carbocycles. The Morgan fingerprint density at radius 2 is 1.80 bits per heavy atom. The summed E-state index contributed by atoms with van der Waals surface area (Å²) in [6.45, 7) is 4.89. The van der Waals surface area contributed by atoms with Crippen molar-refractivity contribution in [3.63, 3.8) is 0 Å². The second-order valence-corrected chi connectivity index (χ2v) is 10.1. The van der Waals surface area contributed by atoms with Crippen molar-refractivity contribution in [2.45, 2.75) is 39.8 Å². The summed E-state index contributed by atoms with van der Waals surface area (Å²) in [6, 6.07) is 6.11. The standard InChI is InChI=1S/C30H36N10O6/c1-4-40-22(12-17(2)38-40)29(44)37-30-36-21-14-19(27(33)43)16-35-28(21)39(30)10-6-5-9-34-25-20(31)13-18(26(32)42)15-23(25)46-11-7-8-24(41)45-3/h5-6,12-16,34H,4,7-11,31H2,1-3H3,(H2,32,42)(H2,33,43)(H,36,37,44)/b6-5+. The molecular weight excluding hydrogens is 596 g/mol. The van der Waals surface area contributed by atoms with Crippen LogP contribution in [0.5, 0.6) is 5.75 Å². The van der Waals surface area contributed by atoms with Crippen LogP contribution in [0.4, 0.5) is 17.3 Å². The Bertz CT molecular complexity index is 1810. The number of allylic oxidation sites excluding steroid dienone is 1. The number of aryl methyl sites for hydroxylation is 2. The van der Waals surface area contributed by atoms with E-state index in [9.17, 15) is 19.2 Å². The van der Waals surface area contributed by atoms with Crippen LogP contribution in [0.15, 0.2) is 42.6 Å². The van der Waals surface area contributed by atoms with Crippen LogP contribution in [0, 0.1) is 6.92 Å². The maximum Gasteiger partial charge on any atom is 0.305 e. The Kier molecular flexibility index (Phi) is 10.5. The van der Waals surface area contributed by atoms with Crippen LogP contribution in [0.25, 0.3) is 11.2 Å². The maximum absolute atomic E-state index is 13.2. The molecule has 242 valence electrons. The molecule has 0 unspecified atom stereocenters. The smallest absolute Gasteiger partial charge is 0.305 e. The number of benzene rings is 1. The number of anilines is 3. The maximum atomic E-state index is 13.2. The predicted molar refractivity (Wildman–Crippen MR) is 170 cm³/mol. The monoisotopic (exact) mass is 632 g/mol. The van der Waals surface area contributed by atoms with Crippen LogP contribution in [0.1, 0.15) is 56.7 Å². The second kappa shape index (κ2) is 14.7. The van der Waals surface area contributed by atoms with Gasteiger partial charge in [-0.2, -0.15) is 5.10 Å². The number of pyridine rings is 1. The molecule has 0 bridgehead atoms. The molecular formula is C30H36N10O6. The molecule has 3 heterocycles. The lowest BCUT2D eigenvalue weighted by Crippen LogP contribution is -2.20. The number of hydrogen-bond donors (Lipinski definition) is 5. The molecule has 0 aliphatic heterocycles. The Balaban J connectivity index is 1.53. The van der Waals surface area contributed by atoms with Crippen molar-refractivity contribution in [2.75, 3.05) is 36.6 Å². The lowest BCUT2D eigenvalue weighted by atomic mass is 10.1. The van der Waals surface area contributed by atoms with E-state index in [4.69, 9.17) is 21.9 Å². The summed E-state index contributed by atoms with van der Waals surface area (Å²) >= 11 is 0. The van der Waals surface area contributed by atoms with E-state index < -0.39 is 17.7 Å². The third-order valence-electron chi connectivity index (χ3n) is 6.81. The molecule has 4 aromatic rings. The van der Waals surface area contributed by atoms with E-state index in [-0.39, 0.29) is 48.3 Å². The van der Waals surface area contributed by atoms with E-state index in [1.54, 1.807) is 22.2 Å². The molecule has 0 spiro atoms. The van der Waals surface area contributed by atoms with Gasteiger partial charge in [0.15, 0.2) is 5.65 Å². The number of carbonyl (C=O) groups excluding carboxylic acids is 4. The number of primary amides is 2. The van der Waals surface area contributed by atoms with E-state index in [1.165, 1.54) is 31.5 Å². The Hall–Kier alpha value is -5.93. The fourth-order valence-electron chi connectivity index (χ4n) is 4.56. The van der Waals surface area contributed by atoms with E-state index in [2.05, 4.69) is 30.4 Å². The first-order valence-corrected chi connectivity index (χ1v) is 14.4. The van der Waals surface area contributed by atoms with Gasteiger partial charge in [-0.3, -0.25) is 33.7 Å². The van der Waals surface area contributed by atoms with Crippen LogP contribution in [0.2, 0.25) is 0 Å². The van der Waals surface area contributed by atoms with Gasteiger partial charge in [0.05, 0.1) is 30.7 Å². The largest absolute Gasteiger partial charge is 0.491 e. The minimum atomic E-state index is -0.668. The number of aromatic nitrogens is 5. The molecule has 3 aromatic heterocycles. The Morgan fingerprint density at radius 3 is 2.50 bits per heavy atom. The van der Waals surface area contributed by atoms with Crippen LogP contribution in [-0.2, 0) is 22.6 Å². The molecule has 46 heavy (non-hydrogen) atoms. The number of nitrogens with zero attached hydrogens (tertiary/aromatic N) is 5. The zero-order valence-corrected chi connectivity index (χ0v) is 25.7. The average Bonchev–Trinajstić information content (AvgIpc) is 3.58. The molecule has 8 N–H and O–H groups in total. The van der Waals surface area contributed by atoms with Gasteiger partial charge in [-0.15, -0.1) is 0 Å². The van der Waals surface area contributed by atoms with Crippen LogP contribution < -0.4 is 32.6 Å². The summed E-state index contributed by atoms with van der Waals surface area (Å²) in [7, 11) is 1.31. The van der Waals surface area contributed by atoms with Crippen molar-refractivity contribution in [3.05, 3.63) is 65.1 Å². The molecule has 0 atom stereocenters. The van der Waals surface area contributed by atoms with Crippen molar-refractivity contribution < 1.29 is 28.7 Å². The number of imidazole rings is 1. The summed E-state index contributed by atoms with van der Waals surface area (Å²) in [4.78, 5) is 57.0. The molecule has 16 nitrogen and oxygen atoms in total. The van der Waals surface area contributed by atoms with Gasteiger partial charge in [-0.25, -0.2) is 9.97 Å². The van der Waals surface area contributed by atoms with Gasteiger partial charge in [-0.1, -0.05) is 12.2 Å². The third kappa shape index (κ3) is 7.77. The predicted octanol–water partition coefficient (Wildman–Crippen LogP) is 1.99. The van der Waals surface area contributed by atoms with E-state index in [0.717, 1.165) is 0 Å². The average molecular weight is 633 g/mol. The number of ether oxygens (including phenoxy) is 2. The van der Waals surface area contributed by atoms with Crippen molar-refractivity contribution in [2.24, 2.45) is 11.5 Å². The number of esters is 1. The molecule has 0 radical (unpaired) electrons. The quantitative estimate of drug-likeness (QED) is 0.0549. The second-order valence-electron chi connectivity index (χ2n) is 10.1. The first kappa shape index (κ1) is 33.0. The summed E-state index contributed by atoms with van der Waals surface area (Å²) in [6.07, 6.45) is 5.53. The number of nitrogens with two attached hydrogens (primary N) is 3. The topological polar surface area (TPSA) is 237 Å². The Labute approximate surface area is 263 Å². The number of nitrogen functional groups attached to an aromatic ring is 1. The minimum absolute atomic E-state index is 0.166. The van der Waals surface area contributed by atoms with Gasteiger partial charge in [0.1, 0.15) is 22.6 Å². The minimum Gasteiger partial charge on any atom is -0.491 e. The summed E-state index contributed by atoms with van der Waals surface area (Å²) in [5.41, 5.74) is 20.0. The lowest BCUT2D eigenvalue weighted by molar-refractivity contribution is -0.140. The highest BCUT2D eigenvalue weighted by Gasteiger charge is 2.19. The fraction of sp³-hybridized carbons (Fsp3) is 0.300. The highest BCUT2D eigenvalue weighted by Crippen LogP contribution is 2.33. The summed E-state index contributed by atoms with van der Waals surface area (Å²) in [5, 5.41) is 10.3. The summed E-state index contributed by atoms with van der Waals surface area (Å²) < 4.78 is 13.7. The van der Waals surface area contributed by atoms with Crippen molar-refractivity contribution in [3.8, 4) is 5.75 Å². The van der Waals surface area contributed by atoms with Gasteiger partial charge in [-0.05, 0) is 44.5 Å². The first-order valence-electron chi connectivity index (χ1n) is 14.4. The zero-order chi connectivity index (χ0) is 33.4. The van der Waals surface area contributed by atoms with E-state index in [0.29, 0.717) is 53.5 Å².